The molecule has 1 aliphatic rings. The first-order valence-electron chi connectivity index (χ1n) is 9.77. The Bertz CT molecular complexity index is 656. The van der Waals surface area contributed by atoms with Crippen LogP contribution in [0.25, 0.3) is 0 Å². The Hall–Kier alpha value is -1.85. The van der Waals surface area contributed by atoms with Crippen LogP contribution in [0.2, 0.25) is 0 Å². The summed E-state index contributed by atoms with van der Waals surface area (Å²) < 4.78 is 8.02. The molecule has 142 valence electrons. The van der Waals surface area contributed by atoms with Crippen LogP contribution in [-0.4, -0.2) is 57.7 Å². The van der Waals surface area contributed by atoms with Crippen LogP contribution in [0.4, 0.5) is 0 Å². The minimum Gasteiger partial charge on any atom is -0.494 e. The Morgan fingerprint density at radius 1 is 1.27 bits per heavy atom. The average molecular weight is 357 g/mol. The summed E-state index contributed by atoms with van der Waals surface area (Å²) in [6, 6.07) is 9.81. The second kappa shape index (κ2) is 9.19. The highest BCUT2D eigenvalue weighted by molar-refractivity contribution is 5.28. The molecule has 26 heavy (non-hydrogen) atoms. The van der Waals surface area contributed by atoms with E-state index < -0.39 is 0 Å². The molecule has 0 aliphatic carbocycles. The SMILES string of the molecule is CC(C)N1CCN(Cc2cccc(OCCCn3ccnc3)c2)C[C@H]1C. The number of nitrogens with zero attached hydrogens (tertiary/aromatic N) is 4. The molecular formula is C21H32N4O. The Balaban J connectivity index is 1.45. The lowest BCUT2D eigenvalue weighted by atomic mass is 10.1. The molecule has 1 fully saturated rings. The highest BCUT2D eigenvalue weighted by Crippen LogP contribution is 2.18. The van der Waals surface area contributed by atoms with Gasteiger partial charge in [-0.25, -0.2) is 4.98 Å². The summed E-state index contributed by atoms with van der Waals surface area (Å²) in [5.74, 6) is 0.974. The molecule has 0 spiro atoms. The van der Waals surface area contributed by atoms with E-state index in [1.165, 1.54) is 5.56 Å². The van der Waals surface area contributed by atoms with E-state index in [0.29, 0.717) is 12.1 Å². The molecule has 0 N–H and O–H groups in total. The first-order chi connectivity index (χ1) is 12.6. The first kappa shape index (κ1) is 18.9. The van der Waals surface area contributed by atoms with E-state index in [9.17, 15) is 0 Å². The van der Waals surface area contributed by atoms with E-state index in [-0.39, 0.29) is 0 Å². The van der Waals surface area contributed by atoms with Crippen molar-refractivity contribution < 1.29 is 4.74 Å². The molecule has 2 aromatic rings. The summed E-state index contributed by atoms with van der Waals surface area (Å²) in [6.07, 6.45) is 6.63. The minimum atomic E-state index is 0.617. The molecule has 0 saturated carbocycles. The van der Waals surface area contributed by atoms with Crippen LogP contribution in [0.5, 0.6) is 5.75 Å². The minimum absolute atomic E-state index is 0.617. The van der Waals surface area contributed by atoms with E-state index in [1.807, 2.05) is 18.7 Å². The van der Waals surface area contributed by atoms with E-state index in [0.717, 1.165) is 51.5 Å². The molecule has 1 atom stereocenters. The van der Waals surface area contributed by atoms with Gasteiger partial charge in [0.25, 0.3) is 0 Å². The Labute approximate surface area is 157 Å². The van der Waals surface area contributed by atoms with Gasteiger partial charge in [0.2, 0.25) is 0 Å². The van der Waals surface area contributed by atoms with Gasteiger partial charge < -0.3 is 9.30 Å². The highest BCUT2D eigenvalue weighted by atomic mass is 16.5. The number of aryl methyl sites for hydroxylation is 1. The van der Waals surface area contributed by atoms with Gasteiger partial charge in [-0.05, 0) is 44.9 Å². The number of rotatable bonds is 8. The number of hydrogen-bond acceptors (Lipinski definition) is 4. The van der Waals surface area contributed by atoms with Gasteiger partial charge in [0.15, 0.2) is 0 Å². The maximum absolute atomic E-state index is 5.94. The van der Waals surface area contributed by atoms with Crippen molar-refractivity contribution in [1.29, 1.82) is 0 Å². The number of piperazine rings is 1. The summed E-state index contributed by atoms with van der Waals surface area (Å²) in [7, 11) is 0. The van der Waals surface area contributed by atoms with Gasteiger partial charge in [-0.1, -0.05) is 12.1 Å². The molecule has 1 aliphatic heterocycles. The molecule has 5 heteroatoms. The van der Waals surface area contributed by atoms with E-state index in [2.05, 4.69) is 64.4 Å². The topological polar surface area (TPSA) is 33.5 Å². The predicted molar refractivity (Wildman–Crippen MR) is 105 cm³/mol. The van der Waals surface area contributed by atoms with Crippen molar-refractivity contribution >= 4 is 0 Å². The standard InChI is InChI=1S/C21H32N4O/c1-18(2)25-12-11-24(15-19(25)3)16-20-6-4-7-21(14-20)26-13-5-9-23-10-8-22-17-23/h4,6-8,10,14,17-19H,5,9,11-13,15-16H2,1-3H3/t19-/m1/s1. The van der Waals surface area contributed by atoms with Crippen LogP contribution < -0.4 is 4.74 Å². The smallest absolute Gasteiger partial charge is 0.119 e. The van der Waals surface area contributed by atoms with Crippen molar-refractivity contribution in [3.8, 4) is 5.75 Å². The van der Waals surface area contributed by atoms with Crippen molar-refractivity contribution in [2.45, 2.75) is 52.4 Å². The zero-order valence-electron chi connectivity index (χ0n) is 16.3. The molecule has 3 rings (SSSR count). The fourth-order valence-corrected chi connectivity index (χ4v) is 3.81. The zero-order chi connectivity index (χ0) is 18.4. The molecule has 0 amide bonds. The highest BCUT2D eigenvalue weighted by Gasteiger charge is 2.25. The van der Waals surface area contributed by atoms with Crippen molar-refractivity contribution in [2.75, 3.05) is 26.2 Å². The molecule has 0 bridgehead atoms. The zero-order valence-corrected chi connectivity index (χ0v) is 16.3. The lowest BCUT2D eigenvalue weighted by Crippen LogP contribution is -2.53. The van der Waals surface area contributed by atoms with Crippen LogP contribution in [0.1, 0.15) is 32.8 Å². The van der Waals surface area contributed by atoms with E-state index in [1.54, 1.807) is 0 Å². The quantitative estimate of drug-likeness (QED) is 0.680. The number of ether oxygens (including phenoxy) is 1. The lowest BCUT2D eigenvalue weighted by Gasteiger charge is -2.42. The van der Waals surface area contributed by atoms with Crippen molar-refractivity contribution in [3.05, 3.63) is 48.5 Å². The van der Waals surface area contributed by atoms with Gasteiger partial charge in [-0.15, -0.1) is 0 Å². The summed E-state index contributed by atoms with van der Waals surface area (Å²) in [5.41, 5.74) is 1.34. The second-order valence-corrected chi connectivity index (χ2v) is 7.57. The molecule has 1 aromatic carbocycles. The molecular weight excluding hydrogens is 324 g/mol. The largest absolute Gasteiger partial charge is 0.494 e. The Morgan fingerprint density at radius 2 is 2.15 bits per heavy atom. The molecule has 2 heterocycles. The van der Waals surface area contributed by atoms with Gasteiger partial charge in [0.05, 0.1) is 12.9 Å². The summed E-state index contributed by atoms with van der Waals surface area (Å²) in [4.78, 5) is 9.21. The predicted octanol–water partition coefficient (Wildman–Crippen LogP) is 3.27. The number of benzene rings is 1. The fraction of sp³-hybridized carbons (Fsp3) is 0.571. The molecule has 5 nitrogen and oxygen atoms in total. The normalized spacial score (nSPS) is 19.2. The molecule has 0 unspecified atom stereocenters. The van der Waals surface area contributed by atoms with Crippen LogP contribution in [0.3, 0.4) is 0 Å². The van der Waals surface area contributed by atoms with Gasteiger partial charge in [-0.2, -0.15) is 0 Å². The van der Waals surface area contributed by atoms with Gasteiger partial charge in [0, 0.05) is 57.2 Å². The molecule has 1 saturated heterocycles. The Kier molecular flexibility index (Phi) is 6.69. The Morgan fingerprint density at radius 3 is 2.88 bits per heavy atom. The third kappa shape index (κ3) is 5.32. The van der Waals surface area contributed by atoms with Crippen molar-refractivity contribution in [2.24, 2.45) is 0 Å². The number of hydrogen-bond donors (Lipinski definition) is 0. The maximum Gasteiger partial charge on any atom is 0.119 e. The van der Waals surface area contributed by atoms with Crippen molar-refractivity contribution in [3.63, 3.8) is 0 Å². The van der Waals surface area contributed by atoms with Gasteiger partial charge in [-0.3, -0.25) is 9.80 Å². The fourth-order valence-electron chi connectivity index (χ4n) is 3.81. The third-order valence-corrected chi connectivity index (χ3v) is 5.12. The van der Waals surface area contributed by atoms with Crippen LogP contribution in [0.15, 0.2) is 43.0 Å². The van der Waals surface area contributed by atoms with Crippen molar-refractivity contribution in [1.82, 2.24) is 19.4 Å². The van der Waals surface area contributed by atoms with Crippen LogP contribution >= 0.6 is 0 Å². The van der Waals surface area contributed by atoms with Gasteiger partial charge >= 0.3 is 0 Å². The van der Waals surface area contributed by atoms with Crippen LogP contribution in [-0.2, 0) is 13.1 Å². The van der Waals surface area contributed by atoms with Gasteiger partial charge in [0.1, 0.15) is 5.75 Å². The number of imidazole rings is 1. The average Bonchev–Trinajstić information content (AvgIpc) is 3.12. The molecule has 1 aromatic heterocycles. The maximum atomic E-state index is 5.94. The van der Waals surface area contributed by atoms with E-state index >= 15 is 0 Å². The van der Waals surface area contributed by atoms with Crippen LogP contribution in [0, 0.1) is 0 Å². The molecule has 0 radical (unpaired) electrons. The summed E-state index contributed by atoms with van der Waals surface area (Å²) in [6.45, 7) is 13.0. The number of aromatic nitrogens is 2. The second-order valence-electron chi connectivity index (χ2n) is 7.57. The lowest BCUT2D eigenvalue weighted by molar-refractivity contribution is 0.0564. The summed E-state index contributed by atoms with van der Waals surface area (Å²) in [5, 5.41) is 0. The first-order valence-corrected chi connectivity index (χ1v) is 9.77. The summed E-state index contributed by atoms with van der Waals surface area (Å²) >= 11 is 0. The monoisotopic (exact) mass is 356 g/mol. The third-order valence-electron chi connectivity index (χ3n) is 5.12. The van der Waals surface area contributed by atoms with E-state index in [4.69, 9.17) is 4.74 Å².